The monoisotopic (exact) mass is 348 g/mol. The molecule has 0 spiro atoms. The quantitative estimate of drug-likeness (QED) is 0.447. The lowest BCUT2D eigenvalue weighted by atomic mass is 9.93. The van der Waals surface area contributed by atoms with Crippen molar-refractivity contribution >= 4 is 5.97 Å². The number of aromatic carboxylic acids is 1. The Hall–Kier alpha value is -1.51. The highest BCUT2D eigenvalue weighted by atomic mass is 16.5. The average molecular weight is 349 g/mol. The fourth-order valence-electron chi connectivity index (χ4n) is 3.05. The van der Waals surface area contributed by atoms with Crippen molar-refractivity contribution in [3.8, 4) is 5.75 Å². The maximum absolute atomic E-state index is 10.8. The average Bonchev–Trinajstić information content (AvgIpc) is 2.55. The minimum Gasteiger partial charge on any atom is -0.494 e. The molecular weight excluding hydrogens is 312 g/mol. The third kappa shape index (κ3) is 10.2. The minimum atomic E-state index is -0.904. The van der Waals surface area contributed by atoms with Crippen LogP contribution in [0.5, 0.6) is 5.75 Å². The van der Waals surface area contributed by atoms with Gasteiger partial charge in [-0.05, 0) is 48.4 Å². The van der Waals surface area contributed by atoms with E-state index in [1.807, 2.05) is 0 Å². The Morgan fingerprint density at radius 3 is 1.92 bits per heavy atom. The Morgan fingerprint density at radius 1 is 0.880 bits per heavy atom. The molecule has 0 aromatic heterocycles. The van der Waals surface area contributed by atoms with Crippen LogP contribution in [0.1, 0.15) is 83.0 Å². The number of carbonyl (C=O) groups is 1. The summed E-state index contributed by atoms with van der Waals surface area (Å²) in [5, 5.41) is 8.88. The van der Waals surface area contributed by atoms with Crippen LogP contribution >= 0.6 is 0 Å². The lowest BCUT2D eigenvalue weighted by Gasteiger charge is -2.15. The van der Waals surface area contributed by atoms with Crippen molar-refractivity contribution < 1.29 is 14.6 Å². The summed E-state index contributed by atoms with van der Waals surface area (Å²) in [4.78, 5) is 10.8. The van der Waals surface area contributed by atoms with Gasteiger partial charge in [0.25, 0.3) is 0 Å². The van der Waals surface area contributed by atoms with E-state index < -0.39 is 5.97 Å². The van der Waals surface area contributed by atoms with Gasteiger partial charge in [0.2, 0.25) is 0 Å². The maximum Gasteiger partial charge on any atom is 0.335 e. The lowest BCUT2D eigenvalue weighted by Crippen LogP contribution is -2.05. The first-order chi connectivity index (χ1) is 11.9. The van der Waals surface area contributed by atoms with Crippen molar-refractivity contribution in [3.05, 3.63) is 29.8 Å². The van der Waals surface area contributed by atoms with E-state index in [1.165, 1.54) is 38.5 Å². The zero-order valence-corrected chi connectivity index (χ0v) is 16.5. The molecule has 0 saturated carbocycles. The van der Waals surface area contributed by atoms with Gasteiger partial charge in [-0.25, -0.2) is 4.79 Å². The molecule has 25 heavy (non-hydrogen) atoms. The Bertz CT molecular complexity index is 479. The molecule has 1 rings (SSSR count). The molecule has 1 aromatic carbocycles. The van der Waals surface area contributed by atoms with E-state index in [1.54, 1.807) is 24.3 Å². The van der Waals surface area contributed by atoms with Crippen molar-refractivity contribution in [2.75, 3.05) is 6.61 Å². The third-order valence-electron chi connectivity index (χ3n) is 4.85. The molecule has 0 aliphatic rings. The molecule has 1 aromatic rings. The second-order valence-corrected chi connectivity index (χ2v) is 7.93. The van der Waals surface area contributed by atoms with Gasteiger partial charge in [0.15, 0.2) is 0 Å². The molecule has 3 nitrogen and oxygen atoms in total. The molecule has 1 N–H and O–H groups in total. The van der Waals surface area contributed by atoms with Crippen LogP contribution in [-0.4, -0.2) is 17.7 Å². The van der Waals surface area contributed by atoms with Crippen molar-refractivity contribution in [2.45, 2.75) is 72.6 Å². The largest absolute Gasteiger partial charge is 0.494 e. The number of hydrogen-bond donors (Lipinski definition) is 1. The van der Waals surface area contributed by atoms with Crippen LogP contribution in [0.3, 0.4) is 0 Å². The number of carboxylic acid groups (broad SMARTS) is 1. The van der Waals surface area contributed by atoms with Crippen LogP contribution in [0.25, 0.3) is 0 Å². The molecule has 2 unspecified atom stereocenters. The van der Waals surface area contributed by atoms with Gasteiger partial charge in [-0.1, -0.05) is 66.2 Å². The van der Waals surface area contributed by atoms with Gasteiger partial charge < -0.3 is 9.84 Å². The predicted octanol–water partition coefficient (Wildman–Crippen LogP) is 6.42. The molecule has 0 aliphatic heterocycles. The smallest absolute Gasteiger partial charge is 0.335 e. The van der Waals surface area contributed by atoms with Gasteiger partial charge in [0, 0.05) is 0 Å². The van der Waals surface area contributed by atoms with Gasteiger partial charge >= 0.3 is 5.97 Å². The summed E-state index contributed by atoms with van der Waals surface area (Å²) in [5.41, 5.74) is 0.295. The summed E-state index contributed by atoms with van der Waals surface area (Å²) >= 11 is 0. The summed E-state index contributed by atoms with van der Waals surface area (Å²) in [6.45, 7) is 9.97. The molecule has 0 radical (unpaired) electrons. The number of carboxylic acids is 1. The highest BCUT2D eigenvalue weighted by molar-refractivity contribution is 5.87. The second-order valence-electron chi connectivity index (χ2n) is 7.93. The zero-order chi connectivity index (χ0) is 18.7. The lowest BCUT2D eigenvalue weighted by molar-refractivity contribution is 0.0697. The molecule has 0 amide bonds. The van der Waals surface area contributed by atoms with Crippen LogP contribution in [0.15, 0.2) is 24.3 Å². The number of rotatable bonds is 13. The topological polar surface area (TPSA) is 46.5 Å². The normalized spacial score (nSPS) is 13.6. The Kier molecular flexibility index (Phi) is 10.3. The van der Waals surface area contributed by atoms with E-state index in [9.17, 15) is 4.79 Å². The van der Waals surface area contributed by atoms with Crippen molar-refractivity contribution in [1.29, 1.82) is 0 Å². The Balaban J connectivity index is 2.10. The van der Waals surface area contributed by atoms with Crippen LogP contribution in [0.2, 0.25) is 0 Å². The van der Waals surface area contributed by atoms with Gasteiger partial charge in [-0.3, -0.25) is 0 Å². The molecule has 0 bridgehead atoms. The van der Waals surface area contributed by atoms with Crippen LogP contribution in [0.4, 0.5) is 0 Å². The molecular formula is C22H36O3. The SMILES string of the molecule is CC(C)CCCC(C)CCCC(C)CCOc1ccc(C(=O)O)cc1. The van der Waals surface area contributed by atoms with Crippen LogP contribution in [-0.2, 0) is 0 Å². The van der Waals surface area contributed by atoms with Gasteiger partial charge in [-0.2, -0.15) is 0 Å². The Morgan fingerprint density at radius 2 is 1.40 bits per heavy atom. The first kappa shape index (κ1) is 21.5. The number of hydrogen-bond acceptors (Lipinski definition) is 2. The van der Waals surface area contributed by atoms with Crippen molar-refractivity contribution in [2.24, 2.45) is 17.8 Å². The standard InChI is InChI=1S/C22H36O3/c1-17(2)7-5-8-18(3)9-6-10-19(4)15-16-25-21-13-11-20(12-14-21)22(23)24/h11-14,17-19H,5-10,15-16H2,1-4H3,(H,23,24). The van der Waals surface area contributed by atoms with Gasteiger partial charge in [0.1, 0.15) is 5.75 Å². The summed E-state index contributed by atoms with van der Waals surface area (Å²) < 4.78 is 5.72. The highest BCUT2D eigenvalue weighted by Gasteiger charge is 2.07. The molecule has 0 heterocycles. The molecule has 0 fully saturated rings. The second kappa shape index (κ2) is 11.9. The minimum absolute atomic E-state index is 0.295. The van der Waals surface area contributed by atoms with Crippen LogP contribution < -0.4 is 4.74 Å². The molecule has 0 aliphatic carbocycles. The van der Waals surface area contributed by atoms with Gasteiger partial charge in [0.05, 0.1) is 12.2 Å². The first-order valence-corrected chi connectivity index (χ1v) is 9.84. The summed E-state index contributed by atoms with van der Waals surface area (Å²) in [6, 6.07) is 6.63. The first-order valence-electron chi connectivity index (χ1n) is 9.84. The van der Waals surface area contributed by atoms with Crippen molar-refractivity contribution in [1.82, 2.24) is 0 Å². The highest BCUT2D eigenvalue weighted by Crippen LogP contribution is 2.21. The van der Waals surface area contributed by atoms with E-state index in [0.717, 1.165) is 24.0 Å². The Labute approximate surface area is 153 Å². The maximum atomic E-state index is 10.8. The summed E-state index contributed by atoms with van der Waals surface area (Å²) in [5.74, 6) is 2.18. The van der Waals surface area contributed by atoms with E-state index in [4.69, 9.17) is 9.84 Å². The molecule has 142 valence electrons. The van der Waals surface area contributed by atoms with E-state index in [2.05, 4.69) is 27.7 Å². The zero-order valence-electron chi connectivity index (χ0n) is 16.5. The fraction of sp³-hybridized carbons (Fsp3) is 0.682. The molecule has 3 heteroatoms. The van der Waals surface area contributed by atoms with Crippen molar-refractivity contribution in [3.63, 3.8) is 0 Å². The van der Waals surface area contributed by atoms with Crippen LogP contribution in [0, 0.1) is 17.8 Å². The fourth-order valence-corrected chi connectivity index (χ4v) is 3.05. The predicted molar refractivity (Wildman–Crippen MR) is 104 cm³/mol. The number of ether oxygens (including phenoxy) is 1. The molecule has 0 saturated heterocycles. The summed E-state index contributed by atoms with van der Waals surface area (Å²) in [6.07, 6.45) is 9.02. The van der Waals surface area contributed by atoms with E-state index >= 15 is 0 Å². The summed E-state index contributed by atoms with van der Waals surface area (Å²) in [7, 11) is 0. The van der Waals surface area contributed by atoms with E-state index in [-0.39, 0.29) is 0 Å². The molecule has 2 atom stereocenters. The van der Waals surface area contributed by atoms with E-state index in [0.29, 0.717) is 18.1 Å². The third-order valence-corrected chi connectivity index (χ3v) is 4.85. The van der Waals surface area contributed by atoms with Gasteiger partial charge in [-0.15, -0.1) is 0 Å². The number of benzene rings is 1.